The number of nitrogens with one attached hydrogen (secondary N) is 1. The van der Waals surface area contributed by atoms with Gasteiger partial charge in [-0.15, -0.1) is 0 Å². The van der Waals surface area contributed by atoms with Crippen molar-refractivity contribution in [2.45, 2.75) is 45.1 Å². The van der Waals surface area contributed by atoms with Crippen molar-refractivity contribution in [3.8, 4) is 0 Å². The van der Waals surface area contributed by atoms with Crippen molar-refractivity contribution in [3.05, 3.63) is 52.5 Å². The summed E-state index contributed by atoms with van der Waals surface area (Å²) in [7, 11) is 1.63. The molecule has 1 aliphatic rings. The van der Waals surface area contributed by atoms with Crippen LogP contribution in [0.3, 0.4) is 0 Å². The second-order valence-corrected chi connectivity index (χ2v) is 7.55. The molecule has 1 atom stereocenters. The highest BCUT2D eigenvalue weighted by molar-refractivity contribution is 6.08. The maximum Gasteiger partial charge on any atom is 0.291 e. The number of amides is 1. The largest absolute Gasteiger partial charge is 0.354 e. The van der Waals surface area contributed by atoms with Crippen LogP contribution in [0, 0.1) is 0 Å². The van der Waals surface area contributed by atoms with Gasteiger partial charge in [-0.25, -0.2) is 4.68 Å². The van der Waals surface area contributed by atoms with Gasteiger partial charge in [-0.1, -0.05) is 29.8 Å². The van der Waals surface area contributed by atoms with Gasteiger partial charge in [-0.05, 0) is 45.1 Å². The molecule has 0 fully saturated rings. The highest BCUT2D eigenvalue weighted by atomic mass is 16.2. The molecule has 1 aromatic carbocycles. The molecule has 0 saturated heterocycles. The van der Waals surface area contributed by atoms with Crippen LogP contribution in [0.2, 0.25) is 0 Å². The molecule has 4 rings (SSSR count). The lowest BCUT2D eigenvalue weighted by atomic mass is 9.97. The van der Waals surface area contributed by atoms with Crippen molar-refractivity contribution >= 4 is 27.7 Å². The van der Waals surface area contributed by atoms with E-state index in [1.165, 1.54) is 23.1 Å². The number of para-hydroxylation sites is 1. The molecule has 0 spiro atoms. The van der Waals surface area contributed by atoms with Crippen molar-refractivity contribution in [2.75, 3.05) is 6.54 Å². The third kappa shape index (κ3) is 3.23. The lowest BCUT2D eigenvalue weighted by Crippen LogP contribution is -2.33. The minimum absolute atomic E-state index is 0.0714. The summed E-state index contributed by atoms with van der Waals surface area (Å²) in [6.07, 6.45) is 9.72. The first-order valence-electron chi connectivity index (χ1n) is 9.98. The zero-order valence-corrected chi connectivity index (χ0v) is 16.4. The maximum atomic E-state index is 12.9. The number of nitrogens with zero attached hydrogens (tertiary/aromatic N) is 3. The Morgan fingerprint density at radius 2 is 2.07 bits per heavy atom. The molecule has 1 N–H and O–H groups in total. The van der Waals surface area contributed by atoms with Crippen molar-refractivity contribution in [1.29, 1.82) is 0 Å². The Hall–Kier alpha value is -2.89. The fourth-order valence-corrected chi connectivity index (χ4v) is 4.13. The van der Waals surface area contributed by atoms with Crippen LogP contribution in [0.25, 0.3) is 21.8 Å². The van der Waals surface area contributed by atoms with Gasteiger partial charge in [-0.3, -0.25) is 9.59 Å². The predicted octanol–water partition coefficient (Wildman–Crippen LogP) is 3.46. The molecule has 0 radical (unpaired) electrons. The first kappa shape index (κ1) is 18.5. The maximum absolute atomic E-state index is 12.9. The fourth-order valence-electron chi connectivity index (χ4n) is 4.13. The van der Waals surface area contributed by atoms with Crippen molar-refractivity contribution < 1.29 is 4.79 Å². The van der Waals surface area contributed by atoms with Crippen LogP contribution in [-0.2, 0) is 11.8 Å². The van der Waals surface area contributed by atoms with Gasteiger partial charge in [0.05, 0.1) is 11.7 Å². The molecule has 28 heavy (non-hydrogen) atoms. The van der Waals surface area contributed by atoms with Crippen LogP contribution >= 0.6 is 0 Å². The van der Waals surface area contributed by atoms with E-state index in [0.717, 1.165) is 35.6 Å². The number of benzene rings is 1. The number of allylic oxidation sites excluding steroid dienone is 1. The van der Waals surface area contributed by atoms with Crippen molar-refractivity contribution in [1.82, 2.24) is 19.7 Å². The Morgan fingerprint density at radius 3 is 2.86 bits per heavy atom. The highest BCUT2D eigenvalue weighted by Crippen LogP contribution is 2.29. The Kier molecular flexibility index (Phi) is 5.03. The molecule has 1 aliphatic carbocycles. The molecule has 0 aliphatic heterocycles. The molecule has 0 bridgehead atoms. The quantitative estimate of drug-likeness (QED) is 0.692. The molecular weight excluding hydrogens is 352 g/mol. The first-order chi connectivity index (χ1) is 13.6. The summed E-state index contributed by atoms with van der Waals surface area (Å²) in [6, 6.07) is 7.29. The average Bonchev–Trinajstić information content (AvgIpc) is 3.06. The Labute approximate surface area is 163 Å². The van der Waals surface area contributed by atoms with Crippen LogP contribution in [0.1, 0.15) is 45.1 Å². The van der Waals surface area contributed by atoms with Crippen molar-refractivity contribution in [2.24, 2.45) is 7.05 Å². The zero-order valence-electron chi connectivity index (χ0n) is 16.4. The van der Waals surface area contributed by atoms with E-state index < -0.39 is 6.04 Å². The number of rotatable bonds is 5. The van der Waals surface area contributed by atoms with E-state index in [2.05, 4.69) is 16.5 Å². The molecule has 1 amide bonds. The van der Waals surface area contributed by atoms with E-state index in [4.69, 9.17) is 0 Å². The van der Waals surface area contributed by atoms with Crippen LogP contribution in [0.5, 0.6) is 0 Å². The van der Waals surface area contributed by atoms with E-state index in [-0.39, 0.29) is 11.5 Å². The number of hydrogen-bond acceptors (Lipinski definition) is 3. The number of carbonyl (C=O) groups excluding carboxylic acids is 1. The Balaban J connectivity index is 1.65. The first-order valence-corrected chi connectivity index (χ1v) is 9.98. The van der Waals surface area contributed by atoms with Gasteiger partial charge >= 0.3 is 0 Å². The second kappa shape index (κ2) is 7.62. The van der Waals surface area contributed by atoms with Crippen LogP contribution in [0.4, 0.5) is 0 Å². The van der Waals surface area contributed by atoms with Gasteiger partial charge in [0.15, 0.2) is 0 Å². The minimum atomic E-state index is -0.488. The number of fused-ring (bicyclic) bond motifs is 3. The van der Waals surface area contributed by atoms with Gasteiger partial charge in [0, 0.05) is 24.4 Å². The number of carbonyl (C=O) groups is 1. The lowest BCUT2D eigenvalue weighted by Gasteiger charge is -2.18. The molecule has 2 heterocycles. The molecule has 6 nitrogen and oxygen atoms in total. The SMILES string of the molecule is C[C@H](C(=O)NCCC1=CCCCC1)n1c2ccccc2c2cnn(C)c(=O)c21. The summed E-state index contributed by atoms with van der Waals surface area (Å²) >= 11 is 0. The number of aromatic nitrogens is 3. The predicted molar refractivity (Wildman–Crippen MR) is 111 cm³/mol. The van der Waals surface area contributed by atoms with E-state index >= 15 is 0 Å². The van der Waals surface area contributed by atoms with Crippen LogP contribution in [-0.4, -0.2) is 26.8 Å². The summed E-state index contributed by atoms with van der Waals surface area (Å²) in [4.78, 5) is 25.7. The Morgan fingerprint density at radius 1 is 1.25 bits per heavy atom. The molecule has 0 unspecified atom stereocenters. The van der Waals surface area contributed by atoms with Crippen LogP contribution < -0.4 is 10.9 Å². The number of hydrogen-bond donors (Lipinski definition) is 1. The lowest BCUT2D eigenvalue weighted by molar-refractivity contribution is -0.123. The third-order valence-electron chi connectivity index (χ3n) is 5.70. The van der Waals surface area contributed by atoms with E-state index in [9.17, 15) is 9.59 Å². The second-order valence-electron chi connectivity index (χ2n) is 7.55. The van der Waals surface area contributed by atoms with E-state index in [1.807, 2.05) is 35.8 Å². The summed E-state index contributed by atoms with van der Waals surface area (Å²) in [5.74, 6) is -0.0714. The molecular formula is C22H26N4O2. The van der Waals surface area contributed by atoms with Crippen molar-refractivity contribution in [3.63, 3.8) is 0 Å². The smallest absolute Gasteiger partial charge is 0.291 e. The topological polar surface area (TPSA) is 68.9 Å². The monoisotopic (exact) mass is 378 g/mol. The molecule has 146 valence electrons. The Bertz CT molecular complexity index is 1120. The molecule has 2 aromatic heterocycles. The van der Waals surface area contributed by atoms with Crippen LogP contribution in [0.15, 0.2) is 46.9 Å². The summed E-state index contributed by atoms with van der Waals surface area (Å²) in [6.45, 7) is 2.48. The van der Waals surface area contributed by atoms with Gasteiger partial charge < -0.3 is 9.88 Å². The third-order valence-corrected chi connectivity index (χ3v) is 5.70. The highest BCUT2D eigenvalue weighted by Gasteiger charge is 2.23. The standard InChI is InChI=1S/C22H26N4O2/c1-15(21(27)23-13-12-16-8-4-3-5-9-16)26-19-11-7-6-10-17(19)18-14-24-25(2)22(28)20(18)26/h6-8,10-11,14-15H,3-5,9,12-13H2,1-2H3,(H,23,27)/t15-/m1/s1. The molecule has 3 aromatic rings. The van der Waals surface area contributed by atoms with Gasteiger partial charge in [0.1, 0.15) is 11.6 Å². The van der Waals surface area contributed by atoms with Gasteiger partial charge in [-0.2, -0.15) is 5.10 Å². The van der Waals surface area contributed by atoms with Gasteiger partial charge in [0.25, 0.3) is 5.56 Å². The number of aryl methyl sites for hydroxylation is 1. The van der Waals surface area contributed by atoms with E-state index in [0.29, 0.717) is 12.1 Å². The zero-order chi connectivity index (χ0) is 19.7. The summed E-state index contributed by atoms with van der Waals surface area (Å²) in [5, 5.41) is 8.94. The summed E-state index contributed by atoms with van der Waals surface area (Å²) in [5.41, 5.74) is 2.65. The summed E-state index contributed by atoms with van der Waals surface area (Å²) < 4.78 is 3.17. The van der Waals surface area contributed by atoms with E-state index in [1.54, 1.807) is 13.2 Å². The molecule has 6 heteroatoms. The minimum Gasteiger partial charge on any atom is -0.354 e. The van der Waals surface area contributed by atoms with Gasteiger partial charge in [0.2, 0.25) is 5.91 Å². The fraction of sp³-hybridized carbons (Fsp3) is 0.409. The average molecular weight is 378 g/mol. The normalized spacial score (nSPS) is 15.6. The molecule has 0 saturated carbocycles.